The van der Waals surface area contributed by atoms with Gasteiger partial charge in [-0.3, -0.25) is 4.79 Å². The molecule has 0 bridgehead atoms. The highest BCUT2D eigenvalue weighted by Gasteiger charge is 2.21. The predicted molar refractivity (Wildman–Crippen MR) is 105 cm³/mol. The van der Waals surface area contributed by atoms with Gasteiger partial charge in [0.05, 0.1) is 6.04 Å². The van der Waals surface area contributed by atoms with Crippen LogP contribution in [0.25, 0.3) is 0 Å². The van der Waals surface area contributed by atoms with Gasteiger partial charge in [0.2, 0.25) is 5.91 Å². The van der Waals surface area contributed by atoms with Gasteiger partial charge >= 0.3 is 0 Å². The highest BCUT2D eigenvalue weighted by Crippen LogP contribution is 2.24. The second kappa shape index (κ2) is 8.19. The van der Waals surface area contributed by atoms with Crippen molar-refractivity contribution in [3.8, 4) is 0 Å². The Bertz CT molecular complexity index is 753. The third-order valence-electron chi connectivity index (χ3n) is 4.77. The van der Waals surface area contributed by atoms with Crippen molar-refractivity contribution in [1.82, 2.24) is 10.3 Å². The number of aromatic nitrogens is 1. The molecule has 0 unspecified atom stereocenters. The molecule has 2 aromatic rings. The number of amides is 1. The second-order valence-corrected chi connectivity index (χ2v) is 6.75. The normalized spacial score (nSPS) is 15.7. The van der Waals surface area contributed by atoms with Crippen LogP contribution in [-0.4, -0.2) is 43.1 Å². The first-order valence-corrected chi connectivity index (χ1v) is 9.09. The van der Waals surface area contributed by atoms with Gasteiger partial charge in [0.25, 0.3) is 0 Å². The van der Waals surface area contributed by atoms with Gasteiger partial charge in [0, 0.05) is 50.2 Å². The maximum absolute atomic E-state index is 11.8. The van der Waals surface area contributed by atoms with Crippen LogP contribution in [0.3, 0.4) is 0 Å². The van der Waals surface area contributed by atoms with Crippen molar-refractivity contribution in [1.29, 1.82) is 0 Å². The van der Waals surface area contributed by atoms with Crippen LogP contribution in [0.5, 0.6) is 0 Å². The minimum atomic E-state index is -0.507. The monoisotopic (exact) mass is 353 g/mol. The van der Waals surface area contributed by atoms with Crippen LogP contribution in [-0.2, 0) is 11.3 Å². The number of hydrogen-bond acceptors (Lipinski definition) is 5. The lowest BCUT2D eigenvalue weighted by atomic mass is 10.1. The molecular formula is C20H27N5O. The molecule has 1 fully saturated rings. The number of benzene rings is 1. The lowest BCUT2D eigenvalue weighted by molar-refractivity contribution is -0.122. The van der Waals surface area contributed by atoms with Crippen LogP contribution >= 0.6 is 0 Å². The molecule has 6 nitrogen and oxygen atoms in total. The summed E-state index contributed by atoms with van der Waals surface area (Å²) in [6.07, 6.45) is 1.81. The van der Waals surface area contributed by atoms with Gasteiger partial charge in [-0.2, -0.15) is 0 Å². The number of nitrogens with two attached hydrogens (primary N) is 1. The predicted octanol–water partition coefficient (Wildman–Crippen LogP) is 1.68. The molecular weight excluding hydrogens is 326 g/mol. The SMILES string of the molecule is Cc1ccccc1N1CCN(c2ncccc2CNC(=O)[C@H](C)N)CC1. The molecule has 1 saturated heterocycles. The van der Waals surface area contributed by atoms with Crippen molar-refractivity contribution in [3.05, 3.63) is 53.7 Å². The standard InChI is InChI=1S/C20H27N5O/c1-15-6-3-4-8-18(15)24-10-12-25(13-11-24)19-17(7-5-9-22-19)14-23-20(26)16(2)21/h3-9,16H,10-14,21H2,1-2H3,(H,23,26)/t16-/m0/s1. The minimum absolute atomic E-state index is 0.149. The van der Waals surface area contributed by atoms with E-state index in [2.05, 4.69) is 51.3 Å². The number of hydrogen-bond donors (Lipinski definition) is 2. The van der Waals surface area contributed by atoms with E-state index in [1.54, 1.807) is 13.1 Å². The fraction of sp³-hybridized carbons (Fsp3) is 0.400. The summed E-state index contributed by atoms with van der Waals surface area (Å²) in [7, 11) is 0. The molecule has 0 radical (unpaired) electrons. The molecule has 138 valence electrons. The third kappa shape index (κ3) is 4.14. The summed E-state index contributed by atoms with van der Waals surface area (Å²) in [6, 6.07) is 11.9. The molecule has 1 atom stereocenters. The smallest absolute Gasteiger partial charge is 0.236 e. The zero-order valence-corrected chi connectivity index (χ0v) is 15.5. The maximum Gasteiger partial charge on any atom is 0.236 e. The first-order chi connectivity index (χ1) is 12.6. The van der Waals surface area contributed by atoms with E-state index in [1.165, 1.54) is 11.3 Å². The van der Waals surface area contributed by atoms with E-state index in [0.717, 1.165) is 37.6 Å². The van der Waals surface area contributed by atoms with E-state index in [4.69, 9.17) is 5.73 Å². The van der Waals surface area contributed by atoms with Crippen LogP contribution in [0, 0.1) is 6.92 Å². The fourth-order valence-electron chi connectivity index (χ4n) is 3.27. The summed E-state index contributed by atoms with van der Waals surface area (Å²) in [5.41, 5.74) is 9.25. The molecule has 1 amide bonds. The number of aryl methyl sites for hydroxylation is 1. The average Bonchev–Trinajstić information content (AvgIpc) is 2.67. The highest BCUT2D eigenvalue weighted by molar-refractivity contribution is 5.81. The van der Waals surface area contributed by atoms with Crippen molar-refractivity contribution in [2.24, 2.45) is 5.73 Å². The molecule has 6 heteroatoms. The van der Waals surface area contributed by atoms with Crippen molar-refractivity contribution >= 4 is 17.4 Å². The van der Waals surface area contributed by atoms with Gasteiger partial charge in [-0.15, -0.1) is 0 Å². The summed E-state index contributed by atoms with van der Waals surface area (Å²) >= 11 is 0. The number of rotatable bonds is 5. The van der Waals surface area contributed by atoms with Crippen molar-refractivity contribution in [2.75, 3.05) is 36.0 Å². The lowest BCUT2D eigenvalue weighted by Crippen LogP contribution is -2.47. The lowest BCUT2D eigenvalue weighted by Gasteiger charge is -2.38. The Labute approximate surface area is 155 Å². The van der Waals surface area contributed by atoms with E-state index in [0.29, 0.717) is 6.54 Å². The fourth-order valence-corrected chi connectivity index (χ4v) is 3.27. The summed E-state index contributed by atoms with van der Waals surface area (Å²) in [5, 5.41) is 2.88. The van der Waals surface area contributed by atoms with Crippen LogP contribution in [0.4, 0.5) is 11.5 Å². The Kier molecular flexibility index (Phi) is 5.73. The number of piperazine rings is 1. The number of nitrogens with zero attached hydrogens (tertiary/aromatic N) is 3. The van der Waals surface area contributed by atoms with Gasteiger partial charge in [-0.25, -0.2) is 4.98 Å². The second-order valence-electron chi connectivity index (χ2n) is 6.75. The topological polar surface area (TPSA) is 74.5 Å². The van der Waals surface area contributed by atoms with E-state index in [1.807, 2.05) is 12.1 Å². The molecule has 3 N–H and O–H groups in total. The maximum atomic E-state index is 11.8. The number of pyridine rings is 1. The van der Waals surface area contributed by atoms with E-state index >= 15 is 0 Å². The molecule has 0 aliphatic carbocycles. The number of carbonyl (C=O) groups excluding carboxylic acids is 1. The third-order valence-corrected chi connectivity index (χ3v) is 4.77. The first kappa shape index (κ1) is 18.2. The molecule has 1 aromatic heterocycles. The van der Waals surface area contributed by atoms with Gasteiger partial charge in [-0.05, 0) is 31.5 Å². The van der Waals surface area contributed by atoms with Gasteiger partial charge in [0.1, 0.15) is 5.82 Å². The summed E-state index contributed by atoms with van der Waals surface area (Å²) < 4.78 is 0. The molecule has 1 aliphatic heterocycles. The Balaban J connectivity index is 1.66. The Hall–Kier alpha value is -2.60. The molecule has 2 heterocycles. The van der Waals surface area contributed by atoms with Crippen molar-refractivity contribution < 1.29 is 4.79 Å². The Morgan fingerprint density at radius 1 is 1.15 bits per heavy atom. The first-order valence-electron chi connectivity index (χ1n) is 9.09. The average molecular weight is 353 g/mol. The molecule has 1 aliphatic rings. The minimum Gasteiger partial charge on any atom is -0.368 e. The zero-order valence-electron chi connectivity index (χ0n) is 15.5. The molecule has 0 saturated carbocycles. The summed E-state index contributed by atoms with van der Waals surface area (Å²) in [4.78, 5) is 21.0. The number of anilines is 2. The Morgan fingerprint density at radius 2 is 1.85 bits per heavy atom. The number of para-hydroxylation sites is 1. The van der Waals surface area contributed by atoms with Gasteiger partial charge in [0.15, 0.2) is 0 Å². The molecule has 26 heavy (non-hydrogen) atoms. The van der Waals surface area contributed by atoms with E-state index in [9.17, 15) is 4.79 Å². The Morgan fingerprint density at radius 3 is 2.54 bits per heavy atom. The zero-order chi connectivity index (χ0) is 18.5. The van der Waals surface area contributed by atoms with Crippen LogP contribution in [0.2, 0.25) is 0 Å². The van der Waals surface area contributed by atoms with E-state index < -0.39 is 6.04 Å². The van der Waals surface area contributed by atoms with Crippen LogP contribution < -0.4 is 20.9 Å². The van der Waals surface area contributed by atoms with Crippen LogP contribution in [0.15, 0.2) is 42.6 Å². The largest absolute Gasteiger partial charge is 0.368 e. The molecule has 0 spiro atoms. The number of carbonyl (C=O) groups is 1. The van der Waals surface area contributed by atoms with E-state index in [-0.39, 0.29) is 5.91 Å². The van der Waals surface area contributed by atoms with Crippen molar-refractivity contribution in [3.63, 3.8) is 0 Å². The van der Waals surface area contributed by atoms with Gasteiger partial charge in [-0.1, -0.05) is 24.3 Å². The van der Waals surface area contributed by atoms with Crippen molar-refractivity contribution in [2.45, 2.75) is 26.4 Å². The van der Waals surface area contributed by atoms with Crippen LogP contribution in [0.1, 0.15) is 18.1 Å². The summed E-state index contributed by atoms with van der Waals surface area (Å²) in [6.45, 7) is 7.99. The van der Waals surface area contributed by atoms with Gasteiger partial charge < -0.3 is 20.9 Å². The highest BCUT2D eigenvalue weighted by atomic mass is 16.2. The quantitative estimate of drug-likeness (QED) is 0.855. The molecule has 3 rings (SSSR count). The molecule has 1 aromatic carbocycles. The summed E-state index contributed by atoms with van der Waals surface area (Å²) in [5.74, 6) is 0.797. The number of nitrogens with one attached hydrogen (secondary N) is 1.